The van der Waals surface area contributed by atoms with Gasteiger partial charge in [-0.1, -0.05) is 11.6 Å². The van der Waals surface area contributed by atoms with Gasteiger partial charge in [0, 0.05) is 31.8 Å². The van der Waals surface area contributed by atoms with E-state index in [0.29, 0.717) is 47.2 Å². The van der Waals surface area contributed by atoms with Crippen molar-refractivity contribution in [2.45, 2.75) is 19.8 Å². The minimum absolute atomic E-state index is 0.0414. The zero-order valence-electron chi connectivity index (χ0n) is 16.5. The number of Topliss-reactive ketones (excluding diaryl/α,β-unsaturated/α-hetero) is 1. The minimum Gasteiger partial charge on any atom is -0.493 e. The molecule has 150 valence electrons. The number of amides is 1. The van der Waals surface area contributed by atoms with E-state index in [-0.39, 0.29) is 11.7 Å². The molecule has 0 unspecified atom stereocenters. The molecule has 2 aromatic carbocycles. The van der Waals surface area contributed by atoms with Gasteiger partial charge in [-0.25, -0.2) is 0 Å². The summed E-state index contributed by atoms with van der Waals surface area (Å²) in [5.41, 5.74) is 2.10. The van der Waals surface area contributed by atoms with Crippen LogP contribution in [0, 0.1) is 0 Å². The summed E-state index contributed by atoms with van der Waals surface area (Å²) in [4.78, 5) is 25.5. The van der Waals surface area contributed by atoms with Crippen molar-refractivity contribution in [3.63, 3.8) is 0 Å². The Kier molecular flexibility index (Phi) is 7.70. The van der Waals surface area contributed by atoms with Gasteiger partial charge in [-0.3, -0.25) is 9.59 Å². The van der Waals surface area contributed by atoms with Gasteiger partial charge in [0.05, 0.1) is 24.4 Å². The Labute approximate surface area is 170 Å². The number of methoxy groups -OCH3 is 1. The van der Waals surface area contributed by atoms with Crippen molar-refractivity contribution >= 4 is 34.7 Å². The van der Waals surface area contributed by atoms with Gasteiger partial charge in [0.25, 0.3) is 0 Å². The molecule has 28 heavy (non-hydrogen) atoms. The number of carbonyl (C=O) groups is 2. The maximum absolute atomic E-state index is 12.1. The van der Waals surface area contributed by atoms with Crippen molar-refractivity contribution in [2.24, 2.45) is 0 Å². The molecular weight excluding hydrogens is 380 g/mol. The summed E-state index contributed by atoms with van der Waals surface area (Å²) in [6.45, 7) is 1.85. The lowest BCUT2D eigenvalue weighted by Crippen LogP contribution is -2.14. The zero-order chi connectivity index (χ0) is 20.7. The second kappa shape index (κ2) is 9.99. The second-order valence-electron chi connectivity index (χ2n) is 6.48. The Hall–Kier alpha value is -2.73. The highest BCUT2D eigenvalue weighted by Gasteiger charge is 2.10. The van der Waals surface area contributed by atoms with Gasteiger partial charge in [-0.15, -0.1) is 0 Å². The lowest BCUT2D eigenvalue weighted by atomic mass is 10.1. The summed E-state index contributed by atoms with van der Waals surface area (Å²) in [5.74, 6) is 0.878. The van der Waals surface area contributed by atoms with Crippen LogP contribution >= 0.6 is 11.6 Å². The van der Waals surface area contributed by atoms with Gasteiger partial charge in [0.15, 0.2) is 17.3 Å². The third-order valence-corrected chi connectivity index (χ3v) is 4.39. The molecule has 0 fully saturated rings. The molecule has 0 aliphatic carbocycles. The highest BCUT2D eigenvalue weighted by Crippen LogP contribution is 2.29. The fourth-order valence-electron chi connectivity index (χ4n) is 2.59. The minimum atomic E-state index is -0.115. The van der Waals surface area contributed by atoms with Gasteiger partial charge in [0.1, 0.15) is 0 Å². The van der Waals surface area contributed by atoms with Gasteiger partial charge in [0.2, 0.25) is 5.91 Å². The molecule has 0 atom stereocenters. The van der Waals surface area contributed by atoms with Gasteiger partial charge in [-0.05, 0) is 49.7 Å². The van der Waals surface area contributed by atoms with Crippen LogP contribution in [0.1, 0.15) is 30.1 Å². The smallest absolute Gasteiger partial charge is 0.224 e. The number of hydrogen-bond acceptors (Lipinski definition) is 5. The summed E-state index contributed by atoms with van der Waals surface area (Å²) in [5, 5.41) is 3.41. The Balaban J connectivity index is 1.83. The van der Waals surface area contributed by atoms with Crippen molar-refractivity contribution in [2.75, 3.05) is 38.0 Å². The van der Waals surface area contributed by atoms with Crippen LogP contribution in [0.2, 0.25) is 5.02 Å². The molecule has 1 N–H and O–H groups in total. The van der Waals surface area contributed by atoms with Crippen molar-refractivity contribution < 1.29 is 19.1 Å². The topological polar surface area (TPSA) is 67.9 Å². The quantitative estimate of drug-likeness (QED) is 0.495. The Morgan fingerprint density at radius 3 is 2.46 bits per heavy atom. The summed E-state index contributed by atoms with van der Waals surface area (Å²) in [6, 6.07) is 10.4. The molecule has 1 amide bonds. The SMILES string of the molecule is COc1cc(C(C)=O)ccc1OCCCC(=O)Nc1ccc(N(C)C)c(Cl)c1. The number of carbonyl (C=O) groups excluding carboxylic acids is 2. The molecule has 2 aromatic rings. The first-order chi connectivity index (χ1) is 13.3. The maximum atomic E-state index is 12.1. The first kappa shape index (κ1) is 21.6. The fourth-order valence-corrected chi connectivity index (χ4v) is 2.94. The average molecular weight is 405 g/mol. The van der Waals surface area contributed by atoms with Crippen molar-refractivity contribution in [1.29, 1.82) is 0 Å². The van der Waals surface area contributed by atoms with Crippen molar-refractivity contribution in [1.82, 2.24) is 0 Å². The van der Waals surface area contributed by atoms with E-state index in [9.17, 15) is 9.59 Å². The number of nitrogens with one attached hydrogen (secondary N) is 1. The molecule has 0 radical (unpaired) electrons. The molecule has 0 aromatic heterocycles. The van der Waals surface area contributed by atoms with E-state index < -0.39 is 0 Å². The number of ketones is 1. The third kappa shape index (κ3) is 5.89. The fraction of sp³-hybridized carbons (Fsp3) is 0.333. The van der Waals surface area contributed by atoms with Crippen LogP contribution in [-0.4, -0.2) is 39.5 Å². The number of nitrogens with zero attached hydrogens (tertiary/aromatic N) is 1. The van der Waals surface area contributed by atoms with E-state index in [2.05, 4.69) is 5.32 Å². The zero-order valence-corrected chi connectivity index (χ0v) is 17.3. The number of anilines is 2. The second-order valence-corrected chi connectivity index (χ2v) is 6.89. The van der Waals surface area contributed by atoms with E-state index in [1.165, 1.54) is 14.0 Å². The molecule has 0 spiro atoms. The highest BCUT2D eigenvalue weighted by atomic mass is 35.5. The predicted molar refractivity (Wildman–Crippen MR) is 112 cm³/mol. The molecule has 0 aliphatic rings. The molecule has 0 saturated heterocycles. The standard InChI is InChI=1S/C21H25ClN2O4/c1-14(25)15-7-10-19(20(12-15)27-4)28-11-5-6-21(26)23-16-8-9-18(24(2)3)17(22)13-16/h7-10,12-13H,5-6,11H2,1-4H3,(H,23,26). The number of ether oxygens (including phenoxy) is 2. The van der Waals surface area contributed by atoms with Crippen LogP contribution in [0.15, 0.2) is 36.4 Å². The van der Waals surface area contributed by atoms with E-state index in [1.807, 2.05) is 31.1 Å². The average Bonchev–Trinajstić information content (AvgIpc) is 2.64. The van der Waals surface area contributed by atoms with Gasteiger partial charge < -0.3 is 19.7 Å². The highest BCUT2D eigenvalue weighted by molar-refractivity contribution is 6.33. The molecule has 0 aliphatic heterocycles. The van der Waals surface area contributed by atoms with E-state index >= 15 is 0 Å². The van der Waals surface area contributed by atoms with Crippen LogP contribution in [0.3, 0.4) is 0 Å². The number of halogens is 1. The molecule has 0 saturated carbocycles. The molecular formula is C21H25ClN2O4. The van der Waals surface area contributed by atoms with Gasteiger partial charge in [-0.2, -0.15) is 0 Å². The summed E-state index contributed by atoms with van der Waals surface area (Å²) in [7, 11) is 5.33. The number of rotatable bonds is 9. The summed E-state index contributed by atoms with van der Waals surface area (Å²) < 4.78 is 10.9. The Morgan fingerprint density at radius 2 is 1.86 bits per heavy atom. The molecule has 7 heteroatoms. The number of benzene rings is 2. The van der Waals surface area contributed by atoms with Crippen LogP contribution in [0.4, 0.5) is 11.4 Å². The normalized spacial score (nSPS) is 10.3. The van der Waals surface area contributed by atoms with E-state index in [1.54, 1.807) is 24.3 Å². The van der Waals surface area contributed by atoms with Gasteiger partial charge >= 0.3 is 0 Å². The lowest BCUT2D eigenvalue weighted by Gasteiger charge is -2.15. The van der Waals surface area contributed by atoms with Crippen molar-refractivity contribution in [3.8, 4) is 11.5 Å². The monoisotopic (exact) mass is 404 g/mol. The maximum Gasteiger partial charge on any atom is 0.224 e. The van der Waals surface area contributed by atoms with Crippen LogP contribution in [0.5, 0.6) is 11.5 Å². The van der Waals surface area contributed by atoms with E-state index in [0.717, 1.165) is 5.69 Å². The molecule has 6 nitrogen and oxygen atoms in total. The number of hydrogen-bond donors (Lipinski definition) is 1. The predicted octanol–water partition coefficient (Wildman–Crippen LogP) is 4.41. The molecule has 2 rings (SSSR count). The summed E-state index contributed by atoms with van der Waals surface area (Å²) in [6.07, 6.45) is 0.841. The van der Waals surface area contributed by atoms with Crippen LogP contribution in [-0.2, 0) is 4.79 Å². The first-order valence-electron chi connectivity index (χ1n) is 8.90. The van der Waals surface area contributed by atoms with Crippen LogP contribution < -0.4 is 19.7 Å². The third-order valence-electron chi connectivity index (χ3n) is 4.09. The lowest BCUT2D eigenvalue weighted by molar-refractivity contribution is -0.116. The van der Waals surface area contributed by atoms with Crippen LogP contribution in [0.25, 0.3) is 0 Å². The van der Waals surface area contributed by atoms with E-state index in [4.69, 9.17) is 21.1 Å². The largest absolute Gasteiger partial charge is 0.493 e. The summed E-state index contributed by atoms with van der Waals surface area (Å²) >= 11 is 6.22. The first-order valence-corrected chi connectivity index (χ1v) is 9.28. The molecule has 0 heterocycles. The molecule has 0 bridgehead atoms. The van der Waals surface area contributed by atoms with Crippen molar-refractivity contribution in [3.05, 3.63) is 47.0 Å². The Morgan fingerprint density at radius 1 is 1.11 bits per heavy atom. The Bertz CT molecular complexity index is 852.